The van der Waals surface area contributed by atoms with Crippen LogP contribution in [0.25, 0.3) is 11.3 Å². The van der Waals surface area contributed by atoms with E-state index in [2.05, 4.69) is 9.88 Å². The summed E-state index contributed by atoms with van der Waals surface area (Å²) in [5.74, 6) is 1.17. The maximum absolute atomic E-state index is 13.6. The lowest BCUT2D eigenvalue weighted by atomic mass is 10.0. The molecule has 0 saturated carbocycles. The molecule has 0 radical (unpaired) electrons. The maximum Gasteiger partial charge on any atom is 0.240 e. The molecule has 1 amide bonds. The summed E-state index contributed by atoms with van der Waals surface area (Å²) < 4.78 is 15.7. The van der Waals surface area contributed by atoms with E-state index in [9.17, 15) is 9.18 Å². The average molecular weight is 499 g/mol. The lowest BCUT2D eigenvalue weighted by Crippen LogP contribution is -2.47. The van der Waals surface area contributed by atoms with E-state index in [4.69, 9.17) is 16.5 Å². The highest BCUT2D eigenvalue weighted by Gasteiger charge is 2.29. The van der Waals surface area contributed by atoms with Crippen LogP contribution in [0.3, 0.4) is 0 Å². The van der Waals surface area contributed by atoms with Gasteiger partial charge in [-0.1, -0.05) is 42.0 Å². The summed E-state index contributed by atoms with van der Waals surface area (Å²) in [6.45, 7) is 3.96. The molecule has 0 unspecified atom stereocenters. The Bertz CT molecular complexity index is 1380. The zero-order valence-corrected chi connectivity index (χ0v) is 20.8. The maximum atomic E-state index is 13.6. The zero-order chi connectivity index (χ0) is 25.9. The van der Waals surface area contributed by atoms with Gasteiger partial charge in [0.1, 0.15) is 23.2 Å². The largest absolute Gasteiger partial charge is 0.340 e. The second-order valence-electron chi connectivity index (χ2n) is 9.47. The topological polar surface area (TPSA) is 102 Å². The van der Waals surface area contributed by atoms with E-state index in [0.717, 1.165) is 34.0 Å². The van der Waals surface area contributed by atoms with Gasteiger partial charge in [0.05, 0.1) is 12.6 Å². The van der Waals surface area contributed by atoms with Gasteiger partial charge in [0.15, 0.2) is 0 Å². The summed E-state index contributed by atoms with van der Waals surface area (Å²) >= 11 is 0. The van der Waals surface area contributed by atoms with Crippen molar-refractivity contribution >= 4 is 17.4 Å². The lowest BCUT2D eigenvalue weighted by molar-refractivity contribution is -0.134. The number of nitrogens with two attached hydrogens (primary N) is 2. The number of aryl methyl sites for hydroxylation is 1. The molecule has 190 valence electrons. The van der Waals surface area contributed by atoms with Crippen LogP contribution in [-0.2, 0) is 30.8 Å². The molecule has 37 heavy (non-hydrogen) atoms. The van der Waals surface area contributed by atoms with Gasteiger partial charge in [-0.15, -0.1) is 0 Å². The highest BCUT2D eigenvalue weighted by Crippen LogP contribution is 2.33. The van der Waals surface area contributed by atoms with Crippen LogP contribution in [0.15, 0.2) is 72.8 Å². The summed E-state index contributed by atoms with van der Waals surface area (Å²) in [5, 5.41) is 3.50. The molecular formula is C29H31FN6O. The van der Waals surface area contributed by atoms with Crippen LogP contribution in [-0.4, -0.2) is 32.9 Å². The predicted octanol–water partition coefficient (Wildman–Crippen LogP) is 4.11. The second kappa shape index (κ2) is 10.5. The third-order valence-corrected chi connectivity index (χ3v) is 6.75. The Morgan fingerprint density at radius 1 is 1.00 bits per heavy atom. The number of nitrogens with zero attached hydrogens (tertiary/aromatic N) is 3. The number of nitrogens with one attached hydrogen (secondary N) is 1. The molecule has 1 aliphatic heterocycles. The molecule has 4 aromatic rings. The van der Waals surface area contributed by atoms with Crippen molar-refractivity contribution in [1.82, 2.24) is 14.5 Å². The Kier molecular flexibility index (Phi) is 7.03. The van der Waals surface area contributed by atoms with Gasteiger partial charge in [0.25, 0.3) is 0 Å². The van der Waals surface area contributed by atoms with E-state index in [-0.39, 0.29) is 11.7 Å². The van der Waals surface area contributed by atoms with E-state index in [1.807, 2.05) is 55.5 Å². The van der Waals surface area contributed by atoms with Crippen molar-refractivity contribution in [3.8, 4) is 11.3 Å². The van der Waals surface area contributed by atoms with Crippen LogP contribution in [0.5, 0.6) is 0 Å². The first kappa shape index (κ1) is 24.7. The minimum atomic E-state index is -0.646. The van der Waals surface area contributed by atoms with Crippen molar-refractivity contribution in [1.29, 1.82) is 0 Å². The normalized spacial score (nSPS) is 13.8. The van der Waals surface area contributed by atoms with Gasteiger partial charge in [-0.25, -0.2) is 9.37 Å². The van der Waals surface area contributed by atoms with Gasteiger partial charge < -0.3 is 26.3 Å². The van der Waals surface area contributed by atoms with E-state index in [1.54, 1.807) is 17.0 Å². The predicted molar refractivity (Wildman–Crippen MR) is 144 cm³/mol. The van der Waals surface area contributed by atoms with Crippen LogP contribution in [0.4, 0.5) is 15.9 Å². The molecule has 0 fully saturated rings. The summed E-state index contributed by atoms with van der Waals surface area (Å²) in [6.07, 6.45) is 0.454. The van der Waals surface area contributed by atoms with E-state index in [0.29, 0.717) is 38.3 Å². The highest BCUT2D eigenvalue weighted by molar-refractivity contribution is 5.82. The van der Waals surface area contributed by atoms with Crippen molar-refractivity contribution < 1.29 is 9.18 Å². The number of anilines is 2. The van der Waals surface area contributed by atoms with Crippen molar-refractivity contribution in [2.75, 3.05) is 11.9 Å². The molecule has 5 rings (SSSR count). The number of fused-ring (bicyclic) bond motifs is 1. The molecule has 5 N–H and O–H groups in total. The summed E-state index contributed by atoms with van der Waals surface area (Å²) in [6, 6.07) is 21.6. The molecule has 7 nitrogen and oxygen atoms in total. The van der Waals surface area contributed by atoms with Gasteiger partial charge in [-0.05, 0) is 60.9 Å². The monoisotopic (exact) mass is 498 g/mol. The van der Waals surface area contributed by atoms with Gasteiger partial charge in [0, 0.05) is 30.9 Å². The first-order chi connectivity index (χ1) is 17.9. The molecular weight excluding hydrogens is 467 g/mol. The number of amides is 1. The van der Waals surface area contributed by atoms with Crippen molar-refractivity contribution in [2.24, 2.45) is 11.5 Å². The van der Waals surface area contributed by atoms with Crippen LogP contribution >= 0.6 is 0 Å². The van der Waals surface area contributed by atoms with Crippen molar-refractivity contribution in [2.45, 2.75) is 39.0 Å². The number of imidazole rings is 1. The molecule has 3 aromatic carbocycles. The Morgan fingerprint density at radius 3 is 2.35 bits per heavy atom. The number of halogens is 1. The minimum absolute atomic E-state index is 0.103. The van der Waals surface area contributed by atoms with Crippen molar-refractivity contribution in [3.63, 3.8) is 0 Å². The van der Waals surface area contributed by atoms with Crippen LogP contribution in [0.2, 0.25) is 0 Å². The molecule has 1 aromatic heterocycles. The summed E-state index contributed by atoms with van der Waals surface area (Å²) in [7, 11) is 0. The number of carbonyl (C=O) groups is 1. The SMILES string of the molecule is Cc1ccc(Nc2c(-c3ccc(F)cc3)nc3n2CCN(C(=O)[C@@H](N)Cc2ccc(CN)cc2)C3)cc1. The molecule has 8 heteroatoms. The minimum Gasteiger partial charge on any atom is -0.340 e. The zero-order valence-electron chi connectivity index (χ0n) is 20.8. The standard InChI is InChI=1S/C29H31FN6O/c1-19-2-12-24(13-3-19)33-28-27(22-8-10-23(30)11-9-22)34-26-18-35(14-15-36(26)28)29(37)25(32)16-20-4-6-21(17-31)7-5-20/h2-13,25,33H,14-18,31-32H2,1H3/t25-/m0/s1. The lowest BCUT2D eigenvalue weighted by Gasteiger charge is -2.30. The Hall–Kier alpha value is -4.01. The second-order valence-corrected chi connectivity index (χ2v) is 9.47. The fourth-order valence-corrected chi connectivity index (χ4v) is 4.62. The highest BCUT2D eigenvalue weighted by atomic mass is 19.1. The number of aromatic nitrogens is 2. The quantitative estimate of drug-likeness (QED) is 0.356. The average Bonchev–Trinajstić information content (AvgIpc) is 3.27. The van der Waals surface area contributed by atoms with Crippen LogP contribution in [0.1, 0.15) is 22.5 Å². The van der Waals surface area contributed by atoms with Crippen molar-refractivity contribution in [3.05, 3.63) is 101 Å². The summed E-state index contributed by atoms with van der Waals surface area (Å²) in [5.41, 5.74) is 17.7. The Balaban J connectivity index is 1.39. The number of carbonyl (C=O) groups excluding carboxylic acids is 1. The number of hydrogen-bond acceptors (Lipinski definition) is 5. The molecule has 1 atom stereocenters. The molecule has 0 aliphatic carbocycles. The first-order valence-corrected chi connectivity index (χ1v) is 12.4. The van der Waals surface area contributed by atoms with Gasteiger partial charge >= 0.3 is 0 Å². The van der Waals surface area contributed by atoms with Crippen LogP contribution < -0.4 is 16.8 Å². The fourth-order valence-electron chi connectivity index (χ4n) is 4.62. The molecule has 2 heterocycles. The van der Waals surface area contributed by atoms with E-state index in [1.165, 1.54) is 17.7 Å². The van der Waals surface area contributed by atoms with Crippen LogP contribution in [0, 0.1) is 12.7 Å². The van der Waals surface area contributed by atoms with Gasteiger partial charge in [-0.2, -0.15) is 0 Å². The molecule has 0 spiro atoms. The smallest absolute Gasteiger partial charge is 0.240 e. The fraction of sp³-hybridized carbons (Fsp3) is 0.241. The molecule has 0 bridgehead atoms. The van der Waals surface area contributed by atoms with Gasteiger partial charge in [0.2, 0.25) is 5.91 Å². The Labute approximate surface area is 215 Å². The number of rotatable bonds is 7. The molecule has 0 saturated heterocycles. The summed E-state index contributed by atoms with van der Waals surface area (Å²) in [4.78, 5) is 19.9. The first-order valence-electron chi connectivity index (χ1n) is 12.4. The number of benzene rings is 3. The third kappa shape index (κ3) is 5.40. The van der Waals surface area contributed by atoms with E-state index < -0.39 is 6.04 Å². The molecule has 1 aliphatic rings. The van der Waals surface area contributed by atoms with E-state index >= 15 is 0 Å². The number of hydrogen-bond donors (Lipinski definition) is 3. The van der Waals surface area contributed by atoms with Gasteiger partial charge in [-0.3, -0.25) is 4.79 Å². The Morgan fingerprint density at radius 2 is 1.68 bits per heavy atom. The third-order valence-electron chi connectivity index (χ3n) is 6.75.